The Morgan fingerprint density at radius 2 is 2.35 bits per heavy atom. The number of carbonyl (C=O) groups is 1. The average molecular weight is 273 g/mol. The number of Topliss-reactive ketones (excluding diaryl/α,β-unsaturated/α-hetero) is 1. The van der Waals surface area contributed by atoms with E-state index in [-0.39, 0.29) is 5.41 Å². The van der Waals surface area contributed by atoms with E-state index in [0.29, 0.717) is 12.2 Å². The molecule has 3 nitrogen and oxygen atoms in total. The van der Waals surface area contributed by atoms with E-state index in [9.17, 15) is 4.79 Å². The molecule has 0 radical (unpaired) electrons. The van der Waals surface area contributed by atoms with Gasteiger partial charge in [-0.25, -0.2) is 0 Å². The lowest BCUT2D eigenvalue weighted by molar-refractivity contribution is -0.128. The first-order valence-electron chi connectivity index (χ1n) is 7.72. The molecule has 3 heteroatoms. The van der Waals surface area contributed by atoms with Gasteiger partial charge in [0.05, 0.1) is 6.61 Å². The fourth-order valence-electron chi connectivity index (χ4n) is 3.40. The standard InChI is InChI=1S/C17H23NO2/c1-2-17(8-9-18-12-17)16(19)6-4-13-3-5-15-14(11-13)7-10-20-15/h3,5,11,18H,2,4,6-10,12H2,1H3. The van der Waals surface area contributed by atoms with Gasteiger partial charge >= 0.3 is 0 Å². The third kappa shape index (κ3) is 2.47. The van der Waals surface area contributed by atoms with Crippen molar-refractivity contribution in [3.63, 3.8) is 0 Å². The number of rotatable bonds is 5. The largest absolute Gasteiger partial charge is 0.493 e. The summed E-state index contributed by atoms with van der Waals surface area (Å²) in [5.74, 6) is 1.45. The molecule has 1 fully saturated rings. The van der Waals surface area contributed by atoms with Crippen molar-refractivity contribution in [2.75, 3.05) is 19.7 Å². The SMILES string of the molecule is CCC1(C(=O)CCc2ccc3c(c2)CCO3)CCNC1. The Morgan fingerprint density at radius 1 is 1.45 bits per heavy atom. The molecule has 1 unspecified atom stereocenters. The van der Waals surface area contributed by atoms with Crippen molar-refractivity contribution in [1.82, 2.24) is 5.32 Å². The van der Waals surface area contributed by atoms with E-state index in [1.54, 1.807) is 0 Å². The first kappa shape index (κ1) is 13.6. The summed E-state index contributed by atoms with van der Waals surface area (Å²) in [6.07, 6.45) is 4.47. The molecule has 2 aliphatic heterocycles. The Hall–Kier alpha value is -1.35. The van der Waals surface area contributed by atoms with Crippen LogP contribution in [-0.2, 0) is 17.6 Å². The van der Waals surface area contributed by atoms with Crippen LogP contribution in [-0.4, -0.2) is 25.5 Å². The molecule has 108 valence electrons. The van der Waals surface area contributed by atoms with Crippen molar-refractivity contribution in [2.45, 2.75) is 39.0 Å². The van der Waals surface area contributed by atoms with E-state index in [2.05, 4.69) is 30.4 Å². The zero-order valence-corrected chi connectivity index (χ0v) is 12.2. The minimum Gasteiger partial charge on any atom is -0.493 e. The van der Waals surface area contributed by atoms with Crippen LogP contribution in [0.3, 0.4) is 0 Å². The predicted molar refractivity (Wildman–Crippen MR) is 79.2 cm³/mol. The number of fused-ring (bicyclic) bond motifs is 1. The molecule has 0 saturated carbocycles. The van der Waals surface area contributed by atoms with Crippen LogP contribution in [0.15, 0.2) is 18.2 Å². The van der Waals surface area contributed by atoms with Crippen molar-refractivity contribution in [3.05, 3.63) is 29.3 Å². The van der Waals surface area contributed by atoms with Crippen LogP contribution >= 0.6 is 0 Å². The van der Waals surface area contributed by atoms with Crippen LogP contribution in [0.25, 0.3) is 0 Å². The maximum Gasteiger partial charge on any atom is 0.140 e. The molecule has 3 rings (SSSR count). The molecule has 20 heavy (non-hydrogen) atoms. The quantitative estimate of drug-likeness (QED) is 0.896. The van der Waals surface area contributed by atoms with Crippen LogP contribution in [0.5, 0.6) is 5.75 Å². The normalized spacial score (nSPS) is 24.4. The van der Waals surface area contributed by atoms with Crippen molar-refractivity contribution in [3.8, 4) is 5.75 Å². The zero-order chi connectivity index (χ0) is 14.0. The van der Waals surface area contributed by atoms with Crippen molar-refractivity contribution >= 4 is 5.78 Å². The van der Waals surface area contributed by atoms with Crippen molar-refractivity contribution in [2.24, 2.45) is 5.41 Å². The molecule has 1 N–H and O–H groups in total. The van der Waals surface area contributed by atoms with Crippen LogP contribution < -0.4 is 10.1 Å². The van der Waals surface area contributed by atoms with Gasteiger partial charge in [0, 0.05) is 24.8 Å². The molecule has 1 atom stereocenters. The molecular formula is C17H23NO2. The average Bonchev–Trinajstić information content (AvgIpc) is 3.13. The number of ketones is 1. The summed E-state index contributed by atoms with van der Waals surface area (Å²) >= 11 is 0. The highest BCUT2D eigenvalue weighted by molar-refractivity contribution is 5.85. The summed E-state index contributed by atoms with van der Waals surface area (Å²) in [7, 11) is 0. The molecular weight excluding hydrogens is 250 g/mol. The van der Waals surface area contributed by atoms with Gasteiger partial charge < -0.3 is 10.1 Å². The summed E-state index contributed by atoms with van der Waals surface area (Å²) in [4.78, 5) is 12.5. The van der Waals surface area contributed by atoms with E-state index in [1.165, 1.54) is 11.1 Å². The van der Waals surface area contributed by atoms with E-state index in [0.717, 1.165) is 51.1 Å². The summed E-state index contributed by atoms with van der Waals surface area (Å²) in [6, 6.07) is 6.36. The second-order valence-corrected chi connectivity index (χ2v) is 6.02. The van der Waals surface area contributed by atoms with E-state index >= 15 is 0 Å². The van der Waals surface area contributed by atoms with Gasteiger partial charge in [0.15, 0.2) is 0 Å². The first-order chi connectivity index (χ1) is 9.73. The minimum atomic E-state index is -0.0974. The maximum absolute atomic E-state index is 12.5. The molecule has 1 aromatic rings. The van der Waals surface area contributed by atoms with Crippen LogP contribution in [0, 0.1) is 5.41 Å². The predicted octanol–water partition coefficient (Wildman–Crippen LogP) is 2.51. The summed E-state index contributed by atoms with van der Waals surface area (Å²) < 4.78 is 5.52. The highest BCUT2D eigenvalue weighted by atomic mass is 16.5. The molecule has 2 heterocycles. The summed E-state index contributed by atoms with van der Waals surface area (Å²) in [5.41, 5.74) is 2.46. The van der Waals surface area contributed by atoms with Gasteiger partial charge in [-0.1, -0.05) is 19.1 Å². The molecule has 0 bridgehead atoms. The van der Waals surface area contributed by atoms with Gasteiger partial charge in [-0.15, -0.1) is 0 Å². The van der Waals surface area contributed by atoms with Gasteiger partial charge in [0.25, 0.3) is 0 Å². The molecule has 1 saturated heterocycles. The summed E-state index contributed by atoms with van der Waals surface area (Å²) in [5, 5.41) is 3.34. The fourth-order valence-corrected chi connectivity index (χ4v) is 3.40. The topological polar surface area (TPSA) is 38.3 Å². The monoisotopic (exact) mass is 273 g/mol. The Morgan fingerprint density at radius 3 is 3.10 bits per heavy atom. The van der Waals surface area contributed by atoms with Crippen molar-refractivity contribution < 1.29 is 9.53 Å². The highest BCUT2D eigenvalue weighted by Crippen LogP contribution is 2.32. The Bertz CT molecular complexity index is 504. The minimum absolute atomic E-state index is 0.0974. The number of nitrogens with one attached hydrogen (secondary N) is 1. The van der Waals surface area contributed by atoms with Gasteiger partial charge in [-0.2, -0.15) is 0 Å². The molecule has 1 aromatic carbocycles. The lowest BCUT2D eigenvalue weighted by Gasteiger charge is -2.24. The van der Waals surface area contributed by atoms with Gasteiger partial charge in [-0.05, 0) is 43.0 Å². The highest BCUT2D eigenvalue weighted by Gasteiger charge is 2.38. The van der Waals surface area contributed by atoms with E-state index < -0.39 is 0 Å². The van der Waals surface area contributed by atoms with Gasteiger partial charge in [0.1, 0.15) is 11.5 Å². The van der Waals surface area contributed by atoms with Gasteiger partial charge in [0.2, 0.25) is 0 Å². The summed E-state index contributed by atoms with van der Waals surface area (Å²) in [6.45, 7) is 4.77. The fraction of sp³-hybridized carbons (Fsp3) is 0.588. The number of hydrogen-bond acceptors (Lipinski definition) is 3. The lowest BCUT2D eigenvalue weighted by Crippen LogP contribution is -2.33. The number of ether oxygens (including phenoxy) is 1. The van der Waals surface area contributed by atoms with Crippen LogP contribution in [0.2, 0.25) is 0 Å². The maximum atomic E-state index is 12.5. The lowest BCUT2D eigenvalue weighted by atomic mass is 9.78. The molecule has 0 amide bonds. The molecule has 0 aliphatic carbocycles. The smallest absolute Gasteiger partial charge is 0.140 e. The number of benzene rings is 1. The number of aryl methyl sites for hydroxylation is 1. The van der Waals surface area contributed by atoms with E-state index in [4.69, 9.17) is 4.74 Å². The zero-order valence-electron chi connectivity index (χ0n) is 12.2. The van der Waals surface area contributed by atoms with Gasteiger partial charge in [-0.3, -0.25) is 4.79 Å². The second-order valence-electron chi connectivity index (χ2n) is 6.02. The number of hydrogen-bond donors (Lipinski definition) is 1. The first-order valence-corrected chi connectivity index (χ1v) is 7.72. The third-order valence-electron chi connectivity index (χ3n) is 4.91. The Labute approximate surface area is 120 Å². The number of carbonyl (C=O) groups excluding carboxylic acids is 1. The van der Waals surface area contributed by atoms with Crippen molar-refractivity contribution in [1.29, 1.82) is 0 Å². The second kappa shape index (κ2) is 5.57. The Kier molecular flexibility index (Phi) is 3.79. The molecule has 2 aliphatic rings. The van der Waals surface area contributed by atoms with E-state index in [1.807, 2.05) is 0 Å². The third-order valence-corrected chi connectivity index (χ3v) is 4.91. The van der Waals surface area contributed by atoms with Crippen LogP contribution in [0.1, 0.15) is 37.3 Å². The molecule has 0 aromatic heterocycles. The molecule has 0 spiro atoms. The van der Waals surface area contributed by atoms with Crippen LogP contribution in [0.4, 0.5) is 0 Å². The Balaban J connectivity index is 1.63.